The number of halogens is 1. The van der Waals surface area contributed by atoms with E-state index in [-0.39, 0.29) is 11.8 Å². The molecule has 0 bridgehead atoms. The predicted octanol–water partition coefficient (Wildman–Crippen LogP) is 3.23. The topological polar surface area (TPSA) is 52.1 Å². The van der Waals surface area contributed by atoms with Gasteiger partial charge in [0.2, 0.25) is 0 Å². The molecule has 0 aliphatic rings. The summed E-state index contributed by atoms with van der Waals surface area (Å²) in [7, 11) is 0. The number of carbonyl (C=O) groups excluding carboxylic acids is 1. The molecule has 0 N–H and O–H groups in total. The minimum atomic E-state index is -0.0720. The van der Waals surface area contributed by atoms with Crippen LogP contribution in [0.1, 0.15) is 17.3 Å². The van der Waals surface area contributed by atoms with Crippen molar-refractivity contribution in [1.29, 1.82) is 0 Å². The van der Waals surface area contributed by atoms with E-state index in [0.29, 0.717) is 11.3 Å². The summed E-state index contributed by atoms with van der Waals surface area (Å²) in [4.78, 5) is 19.3. The van der Waals surface area contributed by atoms with Gasteiger partial charge in [-0.05, 0) is 31.2 Å². The lowest BCUT2D eigenvalue weighted by Crippen LogP contribution is -1.98. The molecule has 1 aromatic heterocycles. The van der Waals surface area contributed by atoms with Crippen LogP contribution in [0.4, 0.5) is 0 Å². The fourth-order valence-electron chi connectivity index (χ4n) is 1.30. The lowest BCUT2D eigenvalue weighted by molar-refractivity contribution is 0.101. The second-order valence-electron chi connectivity index (χ2n) is 3.33. The summed E-state index contributed by atoms with van der Waals surface area (Å²) in [5, 5.41) is 0. The number of nitrogens with zero attached hydrogens (tertiary/aromatic N) is 2. The molecule has 2 rings (SSSR count). The number of ether oxygens (including phenoxy) is 1. The highest BCUT2D eigenvalue weighted by Crippen LogP contribution is 2.26. The first kappa shape index (κ1) is 11.7. The Morgan fingerprint density at radius 1 is 1.29 bits per heavy atom. The van der Waals surface area contributed by atoms with Gasteiger partial charge in [0.1, 0.15) is 5.75 Å². The number of hydrogen-bond acceptors (Lipinski definition) is 4. The first-order valence-electron chi connectivity index (χ1n) is 4.92. The van der Waals surface area contributed by atoms with Crippen molar-refractivity contribution in [2.24, 2.45) is 0 Å². The van der Waals surface area contributed by atoms with Crippen LogP contribution in [0.25, 0.3) is 0 Å². The molecule has 0 radical (unpaired) electrons. The van der Waals surface area contributed by atoms with Crippen LogP contribution >= 0.6 is 15.9 Å². The number of aromatic nitrogens is 2. The van der Waals surface area contributed by atoms with Gasteiger partial charge < -0.3 is 4.74 Å². The van der Waals surface area contributed by atoms with Crippen LogP contribution in [0, 0.1) is 0 Å². The van der Waals surface area contributed by atoms with E-state index in [1.54, 1.807) is 36.7 Å². The van der Waals surface area contributed by atoms with Crippen molar-refractivity contribution < 1.29 is 9.53 Å². The smallest absolute Gasteiger partial charge is 0.321 e. The Morgan fingerprint density at radius 2 is 2.00 bits per heavy atom. The largest absolute Gasteiger partial charge is 0.424 e. The third kappa shape index (κ3) is 2.88. The van der Waals surface area contributed by atoms with E-state index in [1.807, 2.05) is 0 Å². The van der Waals surface area contributed by atoms with Crippen LogP contribution in [0.2, 0.25) is 0 Å². The van der Waals surface area contributed by atoms with Gasteiger partial charge in [0, 0.05) is 16.9 Å². The van der Waals surface area contributed by atoms with Crippen LogP contribution in [0.15, 0.2) is 41.1 Å². The molecular formula is C12H9BrN2O2. The van der Waals surface area contributed by atoms with Gasteiger partial charge in [-0.1, -0.05) is 15.9 Å². The number of Topliss-reactive ketones (excluding diaryl/α,β-unsaturated/α-hetero) is 1. The molecule has 1 aromatic carbocycles. The van der Waals surface area contributed by atoms with E-state index in [2.05, 4.69) is 25.9 Å². The van der Waals surface area contributed by atoms with Crippen molar-refractivity contribution in [3.8, 4) is 11.8 Å². The molecule has 0 fully saturated rings. The molecule has 1 heterocycles. The maximum atomic E-state index is 11.5. The molecule has 86 valence electrons. The van der Waals surface area contributed by atoms with Crippen molar-refractivity contribution in [3.05, 3.63) is 46.7 Å². The van der Waals surface area contributed by atoms with Crippen LogP contribution in [-0.2, 0) is 0 Å². The van der Waals surface area contributed by atoms with Crippen LogP contribution in [0.5, 0.6) is 11.8 Å². The quantitative estimate of drug-likeness (QED) is 0.815. The van der Waals surface area contributed by atoms with E-state index in [0.717, 1.165) is 4.47 Å². The van der Waals surface area contributed by atoms with Gasteiger partial charge in [-0.15, -0.1) is 0 Å². The van der Waals surface area contributed by atoms with E-state index in [9.17, 15) is 4.79 Å². The van der Waals surface area contributed by atoms with Crippen LogP contribution in [-0.4, -0.2) is 15.8 Å². The highest BCUT2D eigenvalue weighted by molar-refractivity contribution is 9.10. The van der Waals surface area contributed by atoms with E-state index in [4.69, 9.17) is 4.74 Å². The third-order valence-corrected chi connectivity index (χ3v) is 2.56. The summed E-state index contributed by atoms with van der Waals surface area (Å²) in [5.41, 5.74) is 0.492. The van der Waals surface area contributed by atoms with Gasteiger partial charge in [0.25, 0.3) is 0 Å². The Labute approximate surface area is 107 Å². The standard InChI is InChI=1S/C12H9BrN2O2/c1-8(16)10-7-9(13)3-4-11(10)17-12-14-5-2-6-15-12/h2-7H,1H3. The lowest BCUT2D eigenvalue weighted by Gasteiger charge is -2.07. The van der Waals surface area contributed by atoms with Gasteiger partial charge in [-0.3, -0.25) is 4.79 Å². The first-order chi connectivity index (χ1) is 8.16. The van der Waals surface area contributed by atoms with Gasteiger partial charge >= 0.3 is 6.01 Å². The monoisotopic (exact) mass is 292 g/mol. The number of hydrogen-bond donors (Lipinski definition) is 0. The molecule has 0 spiro atoms. The summed E-state index contributed by atoms with van der Waals surface area (Å²) in [6.45, 7) is 1.49. The van der Waals surface area contributed by atoms with Gasteiger partial charge in [-0.2, -0.15) is 0 Å². The molecule has 5 heteroatoms. The second kappa shape index (κ2) is 5.05. The molecule has 4 nitrogen and oxygen atoms in total. The average molecular weight is 293 g/mol. The van der Waals surface area contributed by atoms with Gasteiger partial charge in [0.15, 0.2) is 5.78 Å². The molecule has 0 amide bonds. The summed E-state index contributed by atoms with van der Waals surface area (Å²) in [6.07, 6.45) is 3.16. The van der Waals surface area contributed by atoms with Crippen molar-refractivity contribution >= 4 is 21.7 Å². The number of rotatable bonds is 3. The van der Waals surface area contributed by atoms with Gasteiger partial charge in [0.05, 0.1) is 5.56 Å². The Hall–Kier alpha value is -1.75. The maximum Gasteiger partial charge on any atom is 0.321 e. The van der Waals surface area contributed by atoms with E-state index < -0.39 is 0 Å². The van der Waals surface area contributed by atoms with Gasteiger partial charge in [-0.25, -0.2) is 9.97 Å². The molecule has 2 aromatic rings. The Bertz CT molecular complexity index is 543. The highest BCUT2D eigenvalue weighted by Gasteiger charge is 2.10. The van der Waals surface area contributed by atoms with Crippen LogP contribution < -0.4 is 4.74 Å². The van der Waals surface area contributed by atoms with Crippen molar-refractivity contribution in [2.75, 3.05) is 0 Å². The molecule has 0 unspecified atom stereocenters. The Morgan fingerprint density at radius 3 is 2.65 bits per heavy atom. The zero-order chi connectivity index (χ0) is 12.3. The van der Waals surface area contributed by atoms with Crippen LogP contribution in [0.3, 0.4) is 0 Å². The lowest BCUT2D eigenvalue weighted by atomic mass is 10.1. The molecule has 17 heavy (non-hydrogen) atoms. The minimum Gasteiger partial charge on any atom is -0.424 e. The Balaban J connectivity index is 2.36. The zero-order valence-corrected chi connectivity index (χ0v) is 10.6. The molecule has 0 saturated carbocycles. The SMILES string of the molecule is CC(=O)c1cc(Br)ccc1Oc1ncccn1. The molecule has 0 saturated heterocycles. The third-order valence-electron chi connectivity index (χ3n) is 2.06. The fraction of sp³-hybridized carbons (Fsp3) is 0.0833. The predicted molar refractivity (Wildman–Crippen MR) is 66.3 cm³/mol. The van der Waals surface area contributed by atoms with Crippen molar-refractivity contribution in [1.82, 2.24) is 9.97 Å². The van der Waals surface area contributed by atoms with Crippen molar-refractivity contribution in [2.45, 2.75) is 6.92 Å². The second-order valence-corrected chi connectivity index (χ2v) is 4.25. The summed E-state index contributed by atoms with van der Waals surface area (Å²) >= 11 is 3.31. The maximum absolute atomic E-state index is 11.5. The number of benzene rings is 1. The number of ketones is 1. The van der Waals surface area contributed by atoms with E-state index in [1.165, 1.54) is 6.92 Å². The summed E-state index contributed by atoms with van der Waals surface area (Å²) < 4.78 is 6.29. The fourth-order valence-corrected chi connectivity index (χ4v) is 1.66. The Kier molecular flexibility index (Phi) is 3.49. The molecule has 0 aliphatic carbocycles. The normalized spacial score (nSPS) is 10.0. The number of carbonyl (C=O) groups is 1. The molecule has 0 atom stereocenters. The molecular weight excluding hydrogens is 284 g/mol. The zero-order valence-electron chi connectivity index (χ0n) is 9.05. The molecule has 0 aliphatic heterocycles. The average Bonchev–Trinajstić information content (AvgIpc) is 2.32. The first-order valence-corrected chi connectivity index (χ1v) is 5.71. The minimum absolute atomic E-state index is 0.0720. The summed E-state index contributed by atoms with van der Waals surface area (Å²) in [6, 6.07) is 7.13. The van der Waals surface area contributed by atoms with E-state index >= 15 is 0 Å². The highest BCUT2D eigenvalue weighted by atomic mass is 79.9. The van der Waals surface area contributed by atoms with Crippen molar-refractivity contribution in [3.63, 3.8) is 0 Å². The summed E-state index contributed by atoms with van der Waals surface area (Å²) in [5.74, 6) is 0.379.